The summed E-state index contributed by atoms with van der Waals surface area (Å²) in [6, 6.07) is -0.623. The molecular weight excluding hydrogens is 923 g/mol. The van der Waals surface area contributed by atoms with Gasteiger partial charge in [-0.1, -0.05) is 300 Å². The molecule has 0 heterocycles. The topological polar surface area (TPSA) is 95.9 Å². The number of aliphatic hydroxyl groups excluding tert-OH is 2. The van der Waals surface area contributed by atoms with Gasteiger partial charge in [-0.15, -0.1) is 0 Å². The Bertz CT molecular complexity index is 1260. The van der Waals surface area contributed by atoms with Crippen molar-refractivity contribution in [2.45, 2.75) is 366 Å². The van der Waals surface area contributed by atoms with Crippen LogP contribution in [-0.2, 0) is 14.3 Å². The third-order valence-electron chi connectivity index (χ3n) is 15.3. The molecule has 0 aliphatic carbocycles. The molecule has 0 aromatic carbocycles. The number of carbonyl (C=O) groups is 2. The molecule has 6 heteroatoms. The van der Waals surface area contributed by atoms with Gasteiger partial charge in [-0.25, -0.2) is 0 Å². The van der Waals surface area contributed by atoms with Crippen LogP contribution in [0.25, 0.3) is 0 Å². The van der Waals surface area contributed by atoms with E-state index in [2.05, 4.69) is 55.6 Å². The molecule has 6 nitrogen and oxygen atoms in total. The van der Waals surface area contributed by atoms with Crippen molar-refractivity contribution >= 4 is 11.9 Å². The van der Waals surface area contributed by atoms with E-state index in [0.29, 0.717) is 19.4 Å². The van der Waals surface area contributed by atoms with E-state index in [1.807, 2.05) is 6.08 Å². The first kappa shape index (κ1) is 72.8. The van der Waals surface area contributed by atoms with Gasteiger partial charge in [0.25, 0.3) is 0 Å². The summed E-state index contributed by atoms with van der Waals surface area (Å²) in [5.41, 5.74) is 0. The number of hydrogen-bond donors (Lipinski definition) is 3. The highest BCUT2D eigenvalue weighted by atomic mass is 16.5. The number of ether oxygens (including phenoxy) is 1. The number of nitrogens with one attached hydrogen (secondary N) is 1. The normalized spacial score (nSPS) is 12.9. The summed E-state index contributed by atoms with van der Waals surface area (Å²) in [6.07, 6.45) is 83.4. The molecule has 0 saturated carbocycles. The van der Waals surface area contributed by atoms with Gasteiger partial charge in [-0.3, -0.25) is 9.59 Å². The molecule has 3 N–H and O–H groups in total. The second-order valence-corrected chi connectivity index (χ2v) is 22.8. The summed E-state index contributed by atoms with van der Waals surface area (Å²) in [5.74, 6) is -0.0624. The van der Waals surface area contributed by atoms with E-state index in [9.17, 15) is 19.8 Å². The number of unbranched alkanes of at least 4 members (excludes halogenated alkanes) is 45. The van der Waals surface area contributed by atoms with Crippen molar-refractivity contribution in [3.05, 3.63) is 48.6 Å². The molecule has 0 spiro atoms. The average molecular weight is 1050 g/mol. The summed E-state index contributed by atoms with van der Waals surface area (Å²) in [7, 11) is 0. The minimum absolute atomic E-state index is 0.00470. The summed E-state index contributed by atoms with van der Waals surface area (Å²) in [6.45, 7) is 4.87. The van der Waals surface area contributed by atoms with Gasteiger partial charge in [-0.2, -0.15) is 0 Å². The Morgan fingerprint density at radius 3 is 1.04 bits per heavy atom. The maximum absolute atomic E-state index is 12.4. The molecule has 75 heavy (non-hydrogen) atoms. The highest BCUT2D eigenvalue weighted by Gasteiger charge is 2.18. The minimum atomic E-state index is -0.840. The van der Waals surface area contributed by atoms with Crippen molar-refractivity contribution in [2.24, 2.45) is 0 Å². The molecule has 0 aliphatic heterocycles. The Morgan fingerprint density at radius 1 is 0.373 bits per heavy atom. The Kier molecular flexibility index (Phi) is 62.5. The van der Waals surface area contributed by atoms with E-state index in [-0.39, 0.29) is 18.5 Å². The first-order valence-electron chi connectivity index (χ1n) is 33.4. The van der Waals surface area contributed by atoms with Crippen LogP contribution < -0.4 is 5.32 Å². The lowest BCUT2D eigenvalue weighted by Gasteiger charge is -2.20. The molecule has 440 valence electrons. The number of allylic oxidation sites excluding steroid dienone is 7. The Balaban J connectivity index is 3.34. The van der Waals surface area contributed by atoms with E-state index >= 15 is 0 Å². The van der Waals surface area contributed by atoms with Gasteiger partial charge in [0.2, 0.25) is 5.91 Å². The van der Waals surface area contributed by atoms with Crippen molar-refractivity contribution < 1.29 is 24.5 Å². The second kappa shape index (κ2) is 64.3. The number of aliphatic hydroxyl groups is 2. The zero-order valence-corrected chi connectivity index (χ0v) is 50.3. The lowest BCUT2D eigenvalue weighted by molar-refractivity contribution is -0.143. The van der Waals surface area contributed by atoms with E-state index in [0.717, 1.165) is 51.4 Å². The second-order valence-electron chi connectivity index (χ2n) is 22.8. The van der Waals surface area contributed by atoms with Crippen molar-refractivity contribution in [2.75, 3.05) is 13.2 Å². The van der Waals surface area contributed by atoms with Crippen LogP contribution in [0.1, 0.15) is 354 Å². The third-order valence-corrected chi connectivity index (χ3v) is 15.3. The maximum Gasteiger partial charge on any atom is 0.305 e. The molecule has 0 bridgehead atoms. The molecule has 0 aromatic heterocycles. The average Bonchev–Trinajstić information content (AvgIpc) is 3.41. The predicted molar refractivity (Wildman–Crippen MR) is 329 cm³/mol. The molecule has 0 saturated heterocycles. The van der Waals surface area contributed by atoms with Crippen LogP contribution in [0.3, 0.4) is 0 Å². The van der Waals surface area contributed by atoms with Crippen LogP contribution in [0, 0.1) is 0 Å². The summed E-state index contributed by atoms with van der Waals surface area (Å²) >= 11 is 0. The number of carbonyl (C=O) groups excluding carboxylic acids is 2. The lowest BCUT2D eigenvalue weighted by atomic mass is 10.0. The smallest absolute Gasteiger partial charge is 0.305 e. The quantitative estimate of drug-likeness (QED) is 0.0320. The van der Waals surface area contributed by atoms with E-state index in [1.54, 1.807) is 6.08 Å². The monoisotopic (exact) mass is 1050 g/mol. The number of esters is 1. The molecule has 0 aliphatic rings. The van der Waals surface area contributed by atoms with Crippen LogP contribution in [-0.4, -0.2) is 47.4 Å². The first-order chi connectivity index (χ1) is 37.0. The largest absolute Gasteiger partial charge is 0.466 e. The fraction of sp³-hybridized carbons (Fsp3) is 0.855. The van der Waals surface area contributed by atoms with Crippen molar-refractivity contribution in [1.29, 1.82) is 0 Å². The van der Waals surface area contributed by atoms with Crippen molar-refractivity contribution in [3.8, 4) is 0 Å². The zero-order valence-electron chi connectivity index (χ0n) is 50.3. The summed E-state index contributed by atoms with van der Waals surface area (Å²) < 4.78 is 5.49. The first-order valence-corrected chi connectivity index (χ1v) is 33.4. The fourth-order valence-corrected chi connectivity index (χ4v) is 10.2. The van der Waals surface area contributed by atoms with Crippen molar-refractivity contribution in [3.63, 3.8) is 0 Å². The van der Waals surface area contributed by atoms with Gasteiger partial charge in [-0.05, 0) is 89.9 Å². The molecule has 2 unspecified atom stereocenters. The Hall–Kier alpha value is -2.18. The van der Waals surface area contributed by atoms with Crippen LogP contribution in [0.4, 0.5) is 0 Å². The van der Waals surface area contributed by atoms with E-state index in [1.165, 1.54) is 276 Å². The lowest BCUT2D eigenvalue weighted by Crippen LogP contribution is -2.45. The van der Waals surface area contributed by atoms with Crippen molar-refractivity contribution in [1.82, 2.24) is 5.32 Å². The molecular formula is C69H129NO5. The Morgan fingerprint density at radius 2 is 0.667 bits per heavy atom. The van der Waals surface area contributed by atoms with Gasteiger partial charge in [0.1, 0.15) is 0 Å². The molecule has 0 rings (SSSR count). The zero-order chi connectivity index (χ0) is 54.3. The molecule has 2 atom stereocenters. The third kappa shape index (κ3) is 60.9. The van der Waals surface area contributed by atoms with Gasteiger partial charge >= 0.3 is 5.97 Å². The fourth-order valence-electron chi connectivity index (χ4n) is 10.2. The standard InChI is InChI=1S/C69H129NO5/c1-3-5-7-9-11-13-14-15-16-37-40-43-47-51-55-59-63-69(74)75-64-60-56-52-48-44-41-38-35-33-31-29-27-25-23-21-19-17-18-20-22-24-26-28-30-32-34-36-39-42-46-50-54-58-62-68(73)70-66(65-71)67(72)61-57-53-49-45-12-10-8-6-4-2/h13-14,16,21,23,37,57,61,66-67,71-72H,3-12,15,17-20,22,24-36,38-56,58-60,62-65H2,1-2H3,(H,70,73)/b14-13-,23-21-,37-16-,61-57+. The molecule has 0 aromatic rings. The highest BCUT2D eigenvalue weighted by Crippen LogP contribution is 2.17. The van der Waals surface area contributed by atoms with Crippen LogP contribution in [0.5, 0.6) is 0 Å². The number of amides is 1. The van der Waals surface area contributed by atoms with E-state index < -0.39 is 12.1 Å². The van der Waals surface area contributed by atoms with Crippen LogP contribution in [0.15, 0.2) is 48.6 Å². The maximum atomic E-state index is 12.4. The Labute approximate surface area is 467 Å². The SMILES string of the molecule is CCCCCC/C=C\C/C=C\CCCCCCCC(=O)OCCCCCCCCCCCCCC/C=C\CCCCCCCCCCCCCCCCCCCC(=O)NC(CO)C(O)/C=C/CCCCCCCCC. The van der Waals surface area contributed by atoms with E-state index in [4.69, 9.17) is 4.74 Å². The summed E-state index contributed by atoms with van der Waals surface area (Å²) in [4.78, 5) is 24.5. The van der Waals surface area contributed by atoms with Gasteiger partial charge in [0.15, 0.2) is 0 Å². The molecule has 1 amide bonds. The summed E-state index contributed by atoms with van der Waals surface area (Å²) in [5, 5.41) is 23.0. The number of hydrogen-bond acceptors (Lipinski definition) is 5. The van der Waals surface area contributed by atoms with Gasteiger partial charge < -0.3 is 20.3 Å². The van der Waals surface area contributed by atoms with Crippen LogP contribution in [0.2, 0.25) is 0 Å². The van der Waals surface area contributed by atoms with Gasteiger partial charge in [0.05, 0.1) is 25.4 Å². The minimum Gasteiger partial charge on any atom is -0.466 e. The molecule has 0 fully saturated rings. The van der Waals surface area contributed by atoms with Crippen LogP contribution >= 0.6 is 0 Å². The van der Waals surface area contributed by atoms with Gasteiger partial charge in [0, 0.05) is 12.8 Å². The predicted octanol–water partition coefficient (Wildman–Crippen LogP) is 21.3. The number of rotatable bonds is 62. The molecule has 0 radical (unpaired) electrons. The highest BCUT2D eigenvalue weighted by molar-refractivity contribution is 5.76.